The second-order valence-corrected chi connectivity index (χ2v) is 9.95. The molecule has 0 radical (unpaired) electrons. The summed E-state index contributed by atoms with van der Waals surface area (Å²) in [5, 5.41) is 8.72. The first kappa shape index (κ1) is 21.2. The number of piperidine rings is 1. The van der Waals surface area contributed by atoms with E-state index in [-0.39, 0.29) is 17.5 Å². The van der Waals surface area contributed by atoms with Crippen LogP contribution in [0.3, 0.4) is 0 Å². The van der Waals surface area contributed by atoms with Crippen molar-refractivity contribution in [2.24, 2.45) is 0 Å². The number of hydrogen-bond acceptors (Lipinski definition) is 2. The van der Waals surface area contributed by atoms with Crippen LogP contribution in [0.2, 0.25) is 0 Å². The Morgan fingerprint density at radius 2 is 1.76 bits per heavy atom. The van der Waals surface area contributed by atoms with Gasteiger partial charge in [0.05, 0.1) is 6.04 Å². The van der Waals surface area contributed by atoms with Gasteiger partial charge in [0.2, 0.25) is 0 Å². The molecule has 0 bridgehead atoms. The summed E-state index contributed by atoms with van der Waals surface area (Å²) in [6.07, 6.45) is 3.26. The molecule has 2 heterocycles. The number of aromatic amines is 1. The number of hydrogen-bond donors (Lipinski definition) is 3. The van der Waals surface area contributed by atoms with Crippen molar-refractivity contribution in [3.05, 3.63) is 83.4 Å². The zero-order valence-corrected chi connectivity index (χ0v) is 19.7. The summed E-state index contributed by atoms with van der Waals surface area (Å²) >= 11 is 0. The predicted molar refractivity (Wildman–Crippen MR) is 138 cm³/mol. The van der Waals surface area contributed by atoms with Gasteiger partial charge < -0.3 is 15.6 Å². The van der Waals surface area contributed by atoms with Gasteiger partial charge in [-0.1, -0.05) is 48.5 Å². The van der Waals surface area contributed by atoms with Crippen molar-refractivity contribution in [3.63, 3.8) is 0 Å². The summed E-state index contributed by atoms with van der Waals surface area (Å²) in [7, 11) is 0. The van der Waals surface area contributed by atoms with E-state index in [0.717, 1.165) is 38.9 Å². The quantitative estimate of drug-likeness (QED) is 0.376. The minimum Gasteiger partial charge on any atom is -0.355 e. The SMILES string of the molecule is CCNC(=O)NC1CC2(CCN(Cc3ccc4[nH]c5ccccc5c4c3)CC2)c2ccccc21. The number of carbonyl (C=O) groups excluding carboxylic acids is 1. The second kappa shape index (κ2) is 8.48. The summed E-state index contributed by atoms with van der Waals surface area (Å²) in [5.41, 5.74) is 6.68. The summed E-state index contributed by atoms with van der Waals surface area (Å²) in [4.78, 5) is 18.4. The van der Waals surface area contributed by atoms with Gasteiger partial charge in [-0.2, -0.15) is 0 Å². The van der Waals surface area contributed by atoms with E-state index in [1.165, 1.54) is 38.5 Å². The van der Waals surface area contributed by atoms with E-state index in [1.54, 1.807) is 0 Å². The molecule has 0 saturated carbocycles. The maximum Gasteiger partial charge on any atom is 0.315 e. The topological polar surface area (TPSA) is 60.2 Å². The standard InChI is InChI=1S/C29H32N4O/c1-2-30-28(34)32-27-18-29(24-9-5-3-8-22(24)27)13-15-33(16-14-29)19-20-11-12-26-23(17-20)21-7-4-6-10-25(21)31-26/h3-12,17,27,31H,2,13-16,18-19H2,1H3,(H2,30,32,34). The lowest BCUT2D eigenvalue weighted by atomic mass is 9.73. The fourth-order valence-corrected chi connectivity index (χ4v) is 6.26. The van der Waals surface area contributed by atoms with Crippen LogP contribution < -0.4 is 10.6 Å². The van der Waals surface area contributed by atoms with Crippen LogP contribution in [0.1, 0.15) is 48.9 Å². The molecule has 1 aromatic heterocycles. The Labute approximate surface area is 200 Å². The van der Waals surface area contributed by atoms with E-state index in [1.807, 2.05) is 6.92 Å². The number of likely N-dealkylation sites (tertiary alicyclic amines) is 1. The number of H-pyrrole nitrogens is 1. The molecule has 3 aromatic carbocycles. The van der Waals surface area contributed by atoms with E-state index in [2.05, 4.69) is 87.2 Å². The van der Waals surface area contributed by atoms with Gasteiger partial charge in [-0.05, 0) is 74.2 Å². The second-order valence-electron chi connectivity index (χ2n) is 9.95. The number of amides is 2. The van der Waals surface area contributed by atoms with Crippen molar-refractivity contribution in [2.45, 2.75) is 44.2 Å². The number of carbonyl (C=O) groups is 1. The van der Waals surface area contributed by atoms with Crippen LogP contribution in [0.15, 0.2) is 66.7 Å². The Morgan fingerprint density at radius 1 is 1.00 bits per heavy atom. The first-order valence-electron chi connectivity index (χ1n) is 12.5. The maximum atomic E-state index is 12.3. The molecule has 1 spiro atoms. The highest BCUT2D eigenvalue weighted by Gasteiger charge is 2.45. The molecular weight excluding hydrogens is 420 g/mol. The minimum atomic E-state index is -0.0653. The Morgan fingerprint density at radius 3 is 2.62 bits per heavy atom. The molecule has 4 aromatic rings. The molecular formula is C29H32N4O. The summed E-state index contributed by atoms with van der Waals surface area (Å²) in [6.45, 7) is 5.73. The number of aromatic nitrogens is 1. The molecule has 2 amide bonds. The van der Waals surface area contributed by atoms with Crippen LogP contribution in [0.25, 0.3) is 21.8 Å². The van der Waals surface area contributed by atoms with Crippen LogP contribution in [-0.2, 0) is 12.0 Å². The average molecular weight is 453 g/mol. The van der Waals surface area contributed by atoms with Crippen LogP contribution >= 0.6 is 0 Å². The summed E-state index contributed by atoms with van der Waals surface area (Å²) < 4.78 is 0. The zero-order valence-electron chi connectivity index (χ0n) is 19.7. The van der Waals surface area contributed by atoms with Gasteiger partial charge in [0, 0.05) is 40.3 Å². The summed E-state index contributed by atoms with van der Waals surface area (Å²) in [6, 6.07) is 24.1. The predicted octanol–water partition coefficient (Wildman–Crippen LogP) is 5.62. The highest BCUT2D eigenvalue weighted by atomic mass is 16.2. The lowest BCUT2D eigenvalue weighted by Crippen LogP contribution is -2.42. The van der Waals surface area contributed by atoms with E-state index < -0.39 is 0 Å². The fraction of sp³-hybridized carbons (Fsp3) is 0.345. The lowest BCUT2D eigenvalue weighted by Gasteiger charge is -2.40. The van der Waals surface area contributed by atoms with Crippen LogP contribution in [0, 0.1) is 0 Å². The first-order valence-corrected chi connectivity index (χ1v) is 12.5. The minimum absolute atomic E-state index is 0.0653. The van der Waals surface area contributed by atoms with E-state index >= 15 is 0 Å². The van der Waals surface area contributed by atoms with Crippen LogP contribution in [0.4, 0.5) is 4.79 Å². The molecule has 34 heavy (non-hydrogen) atoms. The average Bonchev–Trinajstić information content (AvgIpc) is 3.37. The number of para-hydroxylation sites is 1. The molecule has 1 unspecified atom stereocenters. The number of rotatable bonds is 4. The number of nitrogens with one attached hydrogen (secondary N) is 3. The first-order chi connectivity index (χ1) is 16.6. The number of benzene rings is 3. The van der Waals surface area contributed by atoms with E-state index in [0.29, 0.717) is 6.54 Å². The van der Waals surface area contributed by atoms with Gasteiger partial charge in [0.1, 0.15) is 0 Å². The normalized spacial score (nSPS) is 19.5. The van der Waals surface area contributed by atoms with Crippen molar-refractivity contribution >= 4 is 27.8 Å². The molecule has 5 heteroatoms. The summed E-state index contributed by atoms with van der Waals surface area (Å²) in [5.74, 6) is 0. The molecule has 1 atom stereocenters. The molecule has 1 aliphatic carbocycles. The van der Waals surface area contributed by atoms with Gasteiger partial charge in [-0.25, -0.2) is 4.79 Å². The van der Waals surface area contributed by atoms with Crippen molar-refractivity contribution in [1.29, 1.82) is 0 Å². The molecule has 1 aliphatic heterocycles. The van der Waals surface area contributed by atoms with Gasteiger partial charge in [-0.15, -0.1) is 0 Å². The largest absolute Gasteiger partial charge is 0.355 e. The van der Waals surface area contributed by atoms with Gasteiger partial charge >= 0.3 is 6.03 Å². The maximum absolute atomic E-state index is 12.3. The third-order valence-electron chi connectivity index (χ3n) is 7.93. The van der Waals surface area contributed by atoms with Crippen LogP contribution in [-0.4, -0.2) is 35.5 Å². The fourth-order valence-electron chi connectivity index (χ4n) is 6.26. The van der Waals surface area contributed by atoms with Gasteiger partial charge in [-0.3, -0.25) is 4.90 Å². The third kappa shape index (κ3) is 3.64. The monoisotopic (exact) mass is 452 g/mol. The lowest BCUT2D eigenvalue weighted by molar-refractivity contribution is 0.147. The number of urea groups is 1. The van der Waals surface area contributed by atoms with Gasteiger partial charge in [0.25, 0.3) is 0 Å². The molecule has 1 saturated heterocycles. The van der Waals surface area contributed by atoms with Crippen molar-refractivity contribution in [1.82, 2.24) is 20.5 Å². The molecule has 6 rings (SSSR count). The molecule has 3 N–H and O–H groups in total. The number of fused-ring (bicyclic) bond motifs is 5. The highest BCUT2D eigenvalue weighted by Crippen LogP contribution is 2.50. The van der Waals surface area contributed by atoms with Crippen molar-refractivity contribution in [3.8, 4) is 0 Å². The molecule has 5 nitrogen and oxygen atoms in total. The Bertz CT molecular complexity index is 1350. The van der Waals surface area contributed by atoms with Gasteiger partial charge in [0.15, 0.2) is 0 Å². The van der Waals surface area contributed by atoms with E-state index in [9.17, 15) is 4.79 Å². The Balaban J connectivity index is 1.18. The van der Waals surface area contributed by atoms with Crippen molar-refractivity contribution in [2.75, 3.05) is 19.6 Å². The van der Waals surface area contributed by atoms with Crippen molar-refractivity contribution < 1.29 is 4.79 Å². The molecule has 174 valence electrons. The zero-order chi connectivity index (χ0) is 23.1. The Hall–Kier alpha value is -3.31. The third-order valence-corrected chi connectivity index (χ3v) is 7.93. The highest BCUT2D eigenvalue weighted by molar-refractivity contribution is 6.07. The molecule has 2 aliphatic rings. The Kier molecular flexibility index (Phi) is 5.30. The molecule has 1 fully saturated rings. The number of nitrogens with zero attached hydrogens (tertiary/aromatic N) is 1. The van der Waals surface area contributed by atoms with E-state index in [4.69, 9.17) is 0 Å². The van der Waals surface area contributed by atoms with Crippen LogP contribution in [0.5, 0.6) is 0 Å². The smallest absolute Gasteiger partial charge is 0.315 e.